The minimum Gasteiger partial charge on any atom is -0.316 e. The number of benzene rings is 3. The lowest BCUT2D eigenvalue weighted by molar-refractivity contribution is 0.760. The van der Waals surface area contributed by atoms with Crippen LogP contribution in [0.3, 0.4) is 0 Å². The van der Waals surface area contributed by atoms with E-state index in [-0.39, 0.29) is 0 Å². The third-order valence-electron chi connectivity index (χ3n) is 5.44. The minimum atomic E-state index is 0.452. The van der Waals surface area contributed by atoms with Crippen molar-refractivity contribution in [2.24, 2.45) is 0 Å². The molecular formula is C23H14Cl2N6S. The first kappa shape index (κ1) is 19.4. The molecule has 0 aliphatic heterocycles. The van der Waals surface area contributed by atoms with Gasteiger partial charge in [-0.05, 0) is 60.7 Å². The summed E-state index contributed by atoms with van der Waals surface area (Å²) in [6, 6.07) is 21.2. The molecule has 1 N–H and O–H groups in total. The Morgan fingerprint density at radius 1 is 0.875 bits per heavy atom. The lowest BCUT2D eigenvalue weighted by atomic mass is 10.2. The van der Waals surface area contributed by atoms with E-state index in [2.05, 4.69) is 26.9 Å². The lowest BCUT2D eigenvalue weighted by Crippen LogP contribution is -2.08. The minimum absolute atomic E-state index is 0.452. The Bertz CT molecular complexity index is 1700. The molecule has 156 valence electrons. The molecule has 0 atom stereocenters. The van der Waals surface area contributed by atoms with E-state index in [1.807, 2.05) is 59.2 Å². The predicted molar refractivity (Wildman–Crippen MR) is 130 cm³/mol. The average Bonchev–Trinajstić information content (AvgIpc) is 3.31. The van der Waals surface area contributed by atoms with Gasteiger partial charge in [-0.3, -0.25) is 9.67 Å². The van der Waals surface area contributed by atoms with E-state index < -0.39 is 0 Å². The second-order valence-corrected chi connectivity index (χ2v) is 8.65. The smallest absolute Gasteiger partial charge is 0.199 e. The van der Waals surface area contributed by atoms with Crippen LogP contribution in [-0.4, -0.2) is 29.3 Å². The first-order chi connectivity index (χ1) is 15.6. The molecule has 0 aliphatic carbocycles. The van der Waals surface area contributed by atoms with Crippen molar-refractivity contribution in [3.63, 3.8) is 0 Å². The monoisotopic (exact) mass is 476 g/mol. The first-order valence-electron chi connectivity index (χ1n) is 9.85. The van der Waals surface area contributed by atoms with Crippen LogP contribution in [0.25, 0.3) is 38.8 Å². The molecule has 6 aromatic rings. The van der Waals surface area contributed by atoms with Crippen molar-refractivity contribution in [1.29, 1.82) is 0 Å². The van der Waals surface area contributed by atoms with Crippen LogP contribution in [0.1, 0.15) is 5.82 Å². The van der Waals surface area contributed by atoms with Gasteiger partial charge in [0.05, 0.1) is 23.1 Å². The predicted octanol–water partition coefficient (Wildman–Crippen LogP) is 6.34. The molecule has 6 nitrogen and oxygen atoms in total. The van der Waals surface area contributed by atoms with Gasteiger partial charge in [0, 0.05) is 21.1 Å². The molecule has 3 aromatic heterocycles. The Labute approximate surface area is 197 Å². The van der Waals surface area contributed by atoms with E-state index in [9.17, 15) is 0 Å². The van der Waals surface area contributed by atoms with Gasteiger partial charge in [-0.2, -0.15) is 5.10 Å². The van der Waals surface area contributed by atoms with Crippen molar-refractivity contribution < 1.29 is 0 Å². The quantitative estimate of drug-likeness (QED) is 0.302. The number of fused-ring (bicyclic) bond motifs is 4. The summed E-state index contributed by atoms with van der Waals surface area (Å²) in [6.45, 7) is 0.452. The Morgan fingerprint density at radius 3 is 2.50 bits per heavy atom. The number of H-pyrrole nitrogens is 1. The fourth-order valence-corrected chi connectivity index (χ4v) is 4.55. The number of hydrogen-bond acceptors (Lipinski definition) is 4. The molecule has 3 aromatic carbocycles. The molecule has 9 heteroatoms. The third-order valence-corrected chi connectivity index (χ3v) is 6.20. The fourth-order valence-electron chi connectivity index (χ4n) is 4.00. The Hall–Kier alpha value is -3.26. The van der Waals surface area contributed by atoms with Crippen LogP contribution in [-0.2, 0) is 6.54 Å². The standard InChI is InChI=1S/C23H14Cl2N6S/c24-13-5-8-15(9-6-13)31-20(28-29-23(31)32)12-30-19-4-2-1-3-16(19)21-22(30)27-17-10-7-14(25)11-18(17)26-21/h1-11H,12H2,(H,29,32). The van der Waals surface area contributed by atoms with Crippen LogP contribution in [0.5, 0.6) is 0 Å². The lowest BCUT2D eigenvalue weighted by Gasteiger charge is -2.10. The summed E-state index contributed by atoms with van der Waals surface area (Å²) < 4.78 is 4.53. The third kappa shape index (κ3) is 3.09. The maximum absolute atomic E-state index is 6.18. The topological polar surface area (TPSA) is 64.3 Å². The van der Waals surface area contributed by atoms with E-state index in [0.29, 0.717) is 21.4 Å². The molecule has 32 heavy (non-hydrogen) atoms. The van der Waals surface area contributed by atoms with Crippen molar-refractivity contribution in [1.82, 2.24) is 29.3 Å². The Kier molecular flexibility index (Phi) is 4.50. The van der Waals surface area contributed by atoms with E-state index >= 15 is 0 Å². The van der Waals surface area contributed by atoms with Crippen LogP contribution < -0.4 is 0 Å². The van der Waals surface area contributed by atoms with Crippen molar-refractivity contribution in [3.8, 4) is 5.69 Å². The summed E-state index contributed by atoms with van der Waals surface area (Å²) in [6.07, 6.45) is 0. The fraction of sp³-hybridized carbons (Fsp3) is 0.0435. The highest BCUT2D eigenvalue weighted by Gasteiger charge is 2.17. The van der Waals surface area contributed by atoms with Crippen molar-refractivity contribution >= 4 is 68.5 Å². The molecule has 0 spiro atoms. The number of nitrogens with one attached hydrogen (secondary N) is 1. The van der Waals surface area contributed by atoms with Gasteiger partial charge in [-0.25, -0.2) is 9.97 Å². The molecule has 0 saturated heterocycles. The summed E-state index contributed by atoms with van der Waals surface area (Å²) in [5, 5.41) is 9.73. The summed E-state index contributed by atoms with van der Waals surface area (Å²) >= 11 is 17.8. The molecule has 0 saturated carbocycles. The van der Waals surface area contributed by atoms with Crippen LogP contribution in [0, 0.1) is 4.77 Å². The van der Waals surface area contributed by atoms with Gasteiger partial charge < -0.3 is 4.57 Å². The van der Waals surface area contributed by atoms with Gasteiger partial charge in [-0.1, -0.05) is 41.4 Å². The van der Waals surface area contributed by atoms with Crippen LogP contribution in [0.4, 0.5) is 0 Å². The first-order valence-corrected chi connectivity index (χ1v) is 11.0. The molecule has 6 rings (SSSR count). The number of halogens is 2. The molecular weight excluding hydrogens is 463 g/mol. The van der Waals surface area contributed by atoms with E-state index in [1.165, 1.54) is 0 Å². The number of nitrogens with zero attached hydrogens (tertiary/aromatic N) is 5. The van der Waals surface area contributed by atoms with E-state index in [4.69, 9.17) is 45.4 Å². The normalized spacial score (nSPS) is 11.7. The van der Waals surface area contributed by atoms with Crippen molar-refractivity contribution in [2.75, 3.05) is 0 Å². The van der Waals surface area contributed by atoms with Gasteiger partial charge in [-0.15, -0.1) is 0 Å². The number of aromatic amines is 1. The zero-order valence-electron chi connectivity index (χ0n) is 16.5. The number of hydrogen-bond donors (Lipinski definition) is 1. The van der Waals surface area contributed by atoms with Crippen LogP contribution >= 0.6 is 35.4 Å². The summed E-state index contributed by atoms with van der Waals surface area (Å²) in [5.74, 6) is 0.748. The molecule has 0 aliphatic rings. The van der Waals surface area contributed by atoms with Crippen molar-refractivity contribution in [3.05, 3.63) is 87.4 Å². The second kappa shape index (κ2) is 7.41. The van der Waals surface area contributed by atoms with Gasteiger partial charge in [0.25, 0.3) is 0 Å². The highest BCUT2D eigenvalue weighted by molar-refractivity contribution is 7.71. The molecule has 0 fully saturated rings. The molecule has 0 radical (unpaired) electrons. The van der Waals surface area contributed by atoms with E-state index in [0.717, 1.165) is 44.6 Å². The van der Waals surface area contributed by atoms with Gasteiger partial charge in [0.2, 0.25) is 0 Å². The Balaban J connectivity index is 1.59. The average molecular weight is 477 g/mol. The maximum Gasteiger partial charge on any atom is 0.199 e. The SMILES string of the molecule is S=c1[nH]nc(Cn2c3ccccc3c3nc4cc(Cl)ccc4nc32)n1-c1ccc(Cl)cc1. The van der Waals surface area contributed by atoms with E-state index in [1.54, 1.807) is 0 Å². The van der Waals surface area contributed by atoms with Gasteiger partial charge in [0.1, 0.15) is 5.52 Å². The highest BCUT2D eigenvalue weighted by Crippen LogP contribution is 2.30. The molecule has 0 unspecified atom stereocenters. The molecule has 0 amide bonds. The Morgan fingerprint density at radius 2 is 1.66 bits per heavy atom. The van der Waals surface area contributed by atoms with Crippen molar-refractivity contribution in [2.45, 2.75) is 6.54 Å². The molecule has 0 bridgehead atoms. The maximum atomic E-state index is 6.18. The zero-order chi connectivity index (χ0) is 21.8. The van der Waals surface area contributed by atoms with Crippen LogP contribution in [0.15, 0.2) is 66.7 Å². The summed E-state index contributed by atoms with van der Waals surface area (Å²) in [4.78, 5) is 9.81. The largest absolute Gasteiger partial charge is 0.316 e. The number of rotatable bonds is 3. The van der Waals surface area contributed by atoms with Gasteiger partial charge in [0.15, 0.2) is 16.2 Å². The summed E-state index contributed by atoms with van der Waals surface area (Å²) in [7, 11) is 0. The van der Waals surface area contributed by atoms with Gasteiger partial charge >= 0.3 is 0 Å². The number of para-hydroxylation sites is 1. The summed E-state index contributed by atoms with van der Waals surface area (Å²) in [5.41, 5.74) is 5.04. The number of aromatic nitrogens is 6. The zero-order valence-corrected chi connectivity index (χ0v) is 18.8. The highest BCUT2D eigenvalue weighted by atomic mass is 35.5. The van der Waals surface area contributed by atoms with Crippen LogP contribution in [0.2, 0.25) is 10.0 Å². The molecule has 3 heterocycles. The second-order valence-electron chi connectivity index (χ2n) is 7.39.